The molecule has 1 atom stereocenters. The van der Waals surface area contributed by atoms with Crippen LogP contribution in [0.5, 0.6) is 5.75 Å². The van der Waals surface area contributed by atoms with Gasteiger partial charge in [0.05, 0.1) is 6.61 Å². The fraction of sp³-hybridized carbons (Fsp3) is 0.667. The second-order valence-corrected chi connectivity index (χ2v) is 6.24. The molecule has 0 saturated carbocycles. The molecule has 1 saturated heterocycles. The summed E-state index contributed by atoms with van der Waals surface area (Å²) in [7, 11) is 0. The van der Waals surface area contributed by atoms with Crippen molar-refractivity contribution in [1.82, 2.24) is 10.2 Å². The van der Waals surface area contributed by atoms with Crippen molar-refractivity contribution in [2.24, 2.45) is 5.92 Å². The molecule has 118 valence electrons. The molecule has 1 aromatic rings. The van der Waals surface area contributed by atoms with E-state index in [1.165, 1.54) is 18.4 Å². The van der Waals surface area contributed by atoms with E-state index in [1.54, 1.807) is 0 Å². The van der Waals surface area contributed by atoms with Gasteiger partial charge in [-0.25, -0.2) is 0 Å². The Balaban J connectivity index is 2.20. The Hall–Kier alpha value is -1.06. The molecule has 0 bridgehead atoms. The van der Waals surface area contributed by atoms with Gasteiger partial charge in [-0.15, -0.1) is 0 Å². The second kappa shape index (κ2) is 8.40. The van der Waals surface area contributed by atoms with Crippen molar-refractivity contribution in [3.8, 4) is 5.75 Å². The Bertz CT molecular complexity index is 413. The van der Waals surface area contributed by atoms with E-state index >= 15 is 0 Å². The van der Waals surface area contributed by atoms with Crippen LogP contribution < -0.4 is 10.1 Å². The number of ether oxygens (including phenoxy) is 1. The molecule has 1 N–H and O–H groups in total. The second-order valence-electron chi connectivity index (χ2n) is 6.24. The number of nitrogens with zero attached hydrogens (tertiary/aromatic N) is 1. The maximum atomic E-state index is 5.87. The van der Waals surface area contributed by atoms with E-state index in [9.17, 15) is 0 Å². The summed E-state index contributed by atoms with van der Waals surface area (Å²) in [6.45, 7) is 11.9. The molecule has 1 fully saturated rings. The van der Waals surface area contributed by atoms with Gasteiger partial charge in [-0.1, -0.05) is 32.0 Å². The largest absolute Gasteiger partial charge is 0.494 e. The number of rotatable bonds is 7. The first kappa shape index (κ1) is 16.3. The zero-order chi connectivity index (χ0) is 15.1. The van der Waals surface area contributed by atoms with Crippen LogP contribution in [0.25, 0.3) is 0 Å². The number of nitrogens with one attached hydrogen (secondary N) is 1. The molecule has 2 rings (SSSR count). The number of hydrogen-bond acceptors (Lipinski definition) is 3. The van der Waals surface area contributed by atoms with E-state index < -0.39 is 0 Å². The average molecular weight is 290 g/mol. The lowest BCUT2D eigenvalue weighted by molar-refractivity contribution is 0.156. The van der Waals surface area contributed by atoms with Gasteiger partial charge in [-0.2, -0.15) is 0 Å². The van der Waals surface area contributed by atoms with Crippen LogP contribution >= 0.6 is 0 Å². The number of piperazine rings is 1. The van der Waals surface area contributed by atoms with E-state index in [0.717, 1.165) is 44.5 Å². The van der Waals surface area contributed by atoms with E-state index in [0.29, 0.717) is 6.04 Å². The SMILES string of the molecule is CCOc1ccccc1[C@@H](CCC(C)C)N1CCNCC1. The highest BCUT2D eigenvalue weighted by Crippen LogP contribution is 2.33. The van der Waals surface area contributed by atoms with Crippen LogP contribution in [0.3, 0.4) is 0 Å². The summed E-state index contributed by atoms with van der Waals surface area (Å²) >= 11 is 0. The van der Waals surface area contributed by atoms with Crippen molar-refractivity contribution in [3.63, 3.8) is 0 Å². The molecule has 0 aliphatic carbocycles. The minimum Gasteiger partial charge on any atom is -0.494 e. The summed E-state index contributed by atoms with van der Waals surface area (Å²) in [4.78, 5) is 2.62. The highest BCUT2D eigenvalue weighted by Gasteiger charge is 2.24. The van der Waals surface area contributed by atoms with Gasteiger partial charge in [0.1, 0.15) is 5.75 Å². The molecular weight excluding hydrogens is 260 g/mol. The fourth-order valence-electron chi connectivity index (χ4n) is 3.06. The lowest BCUT2D eigenvalue weighted by Crippen LogP contribution is -2.45. The van der Waals surface area contributed by atoms with Crippen molar-refractivity contribution in [1.29, 1.82) is 0 Å². The topological polar surface area (TPSA) is 24.5 Å². The summed E-state index contributed by atoms with van der Waals surface area (Å²) in [5.74, 6) is 1.81. The maximum absolute atomic E-state index is 5.87. The van der Waals surface area contributed by atoms with Crippen LogP contribution in [0.2, 0.25) is 0 Å². The molecule has 21 heavy (non-hydrogen) atoms. The lowest BCUT2D eigenvalue weighted by Gasteiger charge is -2.36. The van der Waals surface area contributed by atoms with E-state index in [1.807, 2.05) is 0 Å². The summed E-state index contributed by atoms with van der Waals surface area (Å²) < 4.78 is 5.87. The highest BCUT2D eigenvalue weighted by molar-refractivity contribution is 5.36. The number of hydrogen-bond donors (Lipinski definition) is 1. The molecule has 1 heterocycles. The summed E-state index contributed by atoms with van der Waals surface area (Å²) in [5, 5.41) is 3.45. The molecule has 3 nitrogen and oxygen atoms in total. The number of benzene rings is 1. The van der Waals surface area contributed by atoms with Crippen LogP contribution in [0.4, 0.5) is 0 Å². The van der Waals surface area contributed by atoms with E-state index in [4.69, 9.17) is 4.74 Å². The van der Waals surface area contributed by atoms with Crippen LogP contribution in [-0.2, 0) is 0 Å². The van der Waals surface area contributed by atoms with E-state index in [2.05, 4.69) is 55.3 Å². The Morgan fingerprint density at radius 2 is 1.86 bits per heavy atom. The Morgan fingerprint density at radius 1 is 1.14 bits per heavy atom. The van der Waals surface area contributed by atoms with Gasteiger partial charge in [0, 0.05) is 37.8 Å². The van der Waals surface area contributed by atoms with Crippen molar-refractivity contribution in [2.75, 3.05) is 32.8 Å². The maximum Gasteiger partial charge on any atom is 0.124 e. The van der Waals surface area contributed by atoms with Crippen molar-refractivity contribution in [3.05, 3.63) is 29.8 Å². The molecular formula is C18H30N2O. The van der Waals surface area contributed by atoms with Gasteiger partial charge in [0.25, 0.3) is 0 Å². The van der Waals surface area contributed by atoms with Crippen LogP contribution in [-0.4, -0.2) is 37.7 Å². The monoisotopic (exact) mass is 290 g/mol. The molecule has 3 heteroatoms. The molecule has 0 radical (unpaired) electrons. The molecule has 1 aromatic carbocycles. The molecule has 0 unspecified atom stereocenters. The first-order valence-corrected chi connectivity index (χ1v) is 8.38. The number of para-hydroxylation sites is 1. The van der Waals surface area contributed by atoms with Gasteiger partial charge in [0.15, 0.2) is 0 Å². The minimum absolute atomic E-state index is 0.484. The van der Waals surface area contributed by atoms with Gasteiger partial charge in [-0.05, 0) is 31.7 Å². The van der Waals surface area contributed by atoms with Gasteiger partial charge < -0.3 is 10.1 Å². The zero-order valence-corrected chi connectivity index (χ0v) is 13.8. The lowest BCUT2D eigenvalue weighted by atomic mass is 9.95. The third-order valence-corrected chi connectivity index (χ3v) is 4.19. The molecule has 0 amide bonds. The first-order valence-electron chi connectivity index (χ1n) is 8.38. The average Bonchev–Trinajstić information content (AvgIpc) is 2.50. The smallest absolute Gasteiger partial charge is 0.124 e. The molecule has 1 aliphatic rings. The minimum atomic E-state index is 0.484. The van der Waals surface area contributed by atoms with Crippen LogP contribution in [0.15, 0.2) is 24.3 Å². The zero-order valence-electron chi connectivity index (χ0n) is 13.8. The van der Waals surface area contributed by atoms with Crippen LogP contribution in [0, 0.1) is 5.92 Å². The Labute approximate surface area is 129 Å². The third-order valence-electron chi connectivity index (χ3n) is 4.19. The van der Waals surface area contributed by atoms with Gasteiger partial charge >= 0.3 is 0 Å². The predicted octanol–water partition coefficient (Wildman–Crippen LogP) is 3.47. The Morgan fingerprint density at radius 3 is 2.52 bits per heavy atom. The summed E-state index contributed by atoms with van der Waals surface area (Å²) in [6, 6.07) is 9.06. The van der Waals surface area contributed by atoms with Crippen molar-refractivity contribution >= 4 is 0 Å². The highest BCUT2D eigenvalue weighted by atomic mass is 16.5. The third kappa shape index (κ3) is 4.72. The summed E-state index contributed by atoms with van der Waals surface area (Å²) in [5.41, 5.74) is 1.36. The van der Waals surface area contributed by atoms with Gasteiger partial charge in [-0.3, -0.25) is 4.90 Å². The molecule has 0 aromatic heterocycles. The molecule has 0 spiro atoms. The molecule has 1 aliphatic heterocycles. The predicted molar refractivity (Wildman–Crippen MR) is 88.9 cm³/mol. The first-order chi connectivity index (χ1) is 10.2. The van der Waals surface area contributed by atoms with Crippen molar-refractivity contribution < 1.29 is 4.74 Å². The van der Waals surface area contributed by atoms with Crippen LogP contribution in [0.1, 0.15) is 45.2 Å². The standard InChI is InChI=1S/C18H30N2O/c1-4-21-18-8-6-5-7-16(18)17(10-9-15(2)3)20-13-11-19-12-14-20/h5-8,15,17,19H,4,9-14H2,1-3H3/t17-/m1/s1. The van der Waals surface area contributed by atoms with E-state index in [-0.39, 0.29) is 0 Å². The van der Waals surface area contributed by atoms with Gasteiger partial charge in [0.2, 0.25) is 0 Å². The Kier molecular flexibility index (Phi) is 6.52. The van der Waals surface area contributed by atoms with Crippen molar-refractivity contribution in [2.45, 2.75) is 39.7 Å². The summed E-state index contributed by atoms with van der Waals surface area (Å²) in [6.07, 6.45) is 2.47. The quantitative estimate of drug-likeness (QED) is 0.832. The normalized spacial score (nSPS) is 17.9. The fourth-order valence-corrected chi connectivity index (χ4v) is 3.06.